The molecule has 0 radical (unpaired) electrons. The molecule has 0 bridgehead atoms. The lowest BCUT2D eigenvalue weighted by atomic mass is 10.6. The first-order chi connectivity index (χ1) is 38.8. The fraction of sp³-hybridized carbons (Fsp3) is 0.980. The van der Waals surface area contributed by atoms with Crippen LogP contribution in [0.2, 0.25) is 0 Å². The van der Waals surface area contributed by atoms with Gasteiger partial charge in [-0.15, -0.1) is 0 Å². The van der Waals surface area contributed by atoms with Crippen LogP contribution in [0.4, 0.5) is 4.79 Å². The second-order valence-electron chi connectivity index (χ2n) is 15.4. The number of methoxy groups -OCH3 is 2. The minimum Gasteiger partial charge on any atom is -0.432 e. The summed E-state index contributed by atoms with van der Waals surface area (Å²) >= 11 is 0. The Morgan fingerprint density at radius 2 is 0.244 bits per heavy atom. The average molecular weight is 1150 g/mol. The molecule has 468 valence electrons. The number of rotatable bonds is 72. The Morgan fingerprint density at radius 1 is 0.154 bits per heavy atom. The van der Waals surface area contributed by atoms with Crippen LogP contribution in [0, 0.1) is 0 Å². The molecule has 27 nitrogen and oxygen atoms in total. The first kappa shape index (κ1) is 76.3. The highest BCUT2D eigenvalue weighted by Crippen LogP contribution is 1.92. The maximum atomic E-state index is 11.7. The minimum atomic E-state index is -0.789. The molecule has 0 atom stereocenters. The molecule has 0 aromatic rings. The van der Waals surface area contributed by atoms with Gasteiger partial charge in [-0.05, 0) is 0 Å². The van der Waals surface area contributed by atoms with Crippen molar-refractivity contribution in [1.82, 2.24) is 0 Å². The van der Waals surface area contributed by atoms with Crippen LogP contribution in [0.3, 0.4) is 0 Å². The first-order valence-corrected chi connectivity index (χ1v) is 27.3. The lowest BCUT2D eigenvalue weighted by Gasteiger charge is -2.09. The predicted molar refractivity (Wildman–Crippen MR) is 279 cm³/mol. The molecular weight excluding hydrogens is 1040 g/mol. The molecular formula is C51H102O27. The molecule has 0 aliphatic carbocycles. The highest BCUT2D eigenvalue weighted by Gasteiger charge is 2.04. The van der Waals surface area contributed by atoms with Crippen molar-refractivity contribution >= 4 is 6.16 Å². The average Bonchev–Trinajstić information content (AvgIpc) is 3.44. The summed E-state index contributed by atoms with van der Waals surface area (Å²) in [4.78, 5) is 11.7. The largest absolute Gasteiger partial charge is 0.508 e. The van der Waals surface area contributed by atoms with E-state index in [-0.39, 0.29) is 26.4 Å². The topological polar surface area (TPSA) is 257 Å². The standard InChI is InChI=1S/C51H102O27/c1-53-3-5-55-7-9-57-11-13-59-15-17-61-19-21-63-23-25-65-27-29-67-31-33-69-35-37-71-39-41-73-43-45-75-47-49-77-51(52)78-50-48-76-46-44-74-42-40-72-38-36-70-34-32-68-30-28-66-26-24-64-22-20-62-18-16-60-14-12-58-10-8-56-6-4-54-2/h3-50H2,1-2H3. The fourth-order valence-corrected chi connectivity index (χ4v) is 5.30. The van der Waals surface area contributed by atoms with Crippen molar-refractivity contribution < 1.29 is 128 Å². The third-order valence-corrected chi connectivity index (χ3v) is 9.20. The van der Waals surface area contributed by atoms with E-state index >= 15 is 0 Å². The van der Waals surface area contributed by atoms with Gasteiger partial charge in [0.25, 0.3) is 0 Å². The van der Waals surface area contributed by atoms with Crippen molar-refractivity contribution in [3.05, 3.63) is 0 Å². The zero-order valence-corrected chi connectivity index (χ0v) is 47.5. The minimum absolute atomic E-state index is 0.0619. The molecule has 0 aromatic heterocycles. The smallest absolute Gasteiger partial charge is 0.432 e. The van der Waals surface area contributed by atoms with E-state index in [0.29, 0.717) is 291 Å². The van der Waals surface area contributed by atoms with Crippen LogP contribution in [-0.4, -0.2) is 338 Å². The van der Waals surface area contributed by atoms with Gasteiger partial charge in [0, 0.05) is 14.2 Å². The quantitative estimate of drug-likeness (QED) is 0.0603. The van der Waals surface area contributed by atoms with E-state index in [1.54, 1.807) is 14.2 Å². The SMILES string of the molecule is COCCOCCOCCOCCOCCOCCOCCOCCOCCOCCOCCOCCOC(=O)OCCOCCOCCOCCOCCOCCOCCOCCOCCOCCOCCOCCOC. The summed E-state index contributed by atoms with van der Waals surface area (Å²) in [5.41, 5.74) is 0. The molecule has 0 N–H and O–H groups in total. The molecule has 0 spiro atoms. The maximum Gasteiger partial charge on any atom is 0.508 e. The van der Waals surface area contributed by atoms with Crippen molar-refractivity contribution in [3.8, 4) is 0 Å². The summed E-state index contributed by atoms with van der Waals surface area (Å²) in [6.07, 6.45) is -0.789. The lowest BCUT2D eigenvalue weighted by molar-refractivity contribution is -0.0299. The zero-order chi connectivity index (χ0) is 55.9. The number of ether oxygens (including phenoxy) is 26. The summed E-state index contributed by atoms with van der Waals surface area (Å²) in [6, 6.07) is 0. The van der Waals surface area contributed by atoms with E-state index in [1.807, 2.05) is 0 Å². The van der Waals surface area contributed by atoms with Gasteiger partial charge in [0.05, 0.1) is 304 Å². The van der Waals surface area contributed by atoms with Gasteiger partial charge >= 0.3 is 6.16 Å². The number of hydrogen-bond donors (Lipinski definition) is 0. The van der Waals surface area contributed by atoms with E-state index in [2.05, 4.69) is 0 Å². The zero-order valence-electron chi connectivity index (χ0n) is 47.5. The molecule has 0 aliphatic heterocycles. The Labute approximate surface area is 464 Å². The molecule has 27 heteroatoms. The van der Waals surface area contributed by atoms with E-state index in [0.717, 1.165) is 0 Å². The van der Waals surface area contributed by atoms with Gasteiger partial charge in [-0.3, -0.25) is 0 Å². The van der Waals surface area contributed by atoms with Gasteiger partial charge in [-0.1, -0.05) is 0 Å². The second kappa shape index (κ2) is 73.3. The monoisotopic (exact) mass is 1150 g/mol. The van der Waals surface area contributed by atoms with E-state index in [1.165, 1.54) is 0 Å². The normalized spacial score (nSPS) is 11.6. The second-order valence-corrected chi connectivity index (χ2v) is 15.4. The summed E-state index contributed by atoms with van der Waals surface area (Å²) < 4.78 is 140. The van der Waals surface area contributed by atoms with E-state index < -0.39 is 6.16 Å². The van der Waals surface area contributed by atoms with Crippen LogP contribution >= 0.6 is 0 Å². The number of carbonyl (C=O) groups is 1. The van der Waals surface area contributed by atoms with Gasteiger partial charge in [-0.2, -0.15) is 0 Å². The van der Waals surface area contributed by atoms with Gasteiger partial charge in [0.2, 0.25) is 0 Å². The Hall–Kier alpha value is -1.69. The first-order valence-electron chi connectivity index (χ1n) is 27.3. The van der Waals surface area contributed by atoms with Crippen molar-refractivity contribution in [2.75, 3.05) is 331 Å². The lowest BCUT2D eigenvalue weighted by Crippen LogP contribution is -2.17. The number of carbonyl (C=O) groups excluding carboxylic acids is 1. The summed E-state index contributed by atoms with van der Waals surface area (Å²) in [5, 5.41) is 0. The number of hydrogen-bond acceptors (Lipinski definition) is 27. The van der Waals surface area contributed by atoms with Crippen LogP contribution in [0.25, 0.3) is 0 Å². The fourth-order valence-electron chi connectivity index (χ4n) is 5.30. The molecule has 0 rings (SSSR count). The molecule has 0 amide bonds. The third kappa shape index (κ3) is 72.3. The van der Waals surface area contributed by atoms with Gasteiger partial charge < -0.3 is 123 Å². The Bertz CT molecular complexity index is 1000. The molecule has 0 aromatic carbocycles. The molecule has 0 saturated carbocycles. The van der Waals surface area contributed by atoms with Gasteiger partial charge in [0.15, 0.2) is 0 Å². The predicted octanol–water partition coefficient (Wildman–Crippen LogP) is 0.798. The summed E-state index contributed by atoms with van der Waals surface area (Å²) in [5.74, 6) is 0. The highest BCUT2D eigenvalue weighted by atomic mass is 16.7. The third-order valence-electron chi connectivity index (χ3n) is 9.20. The molecule has 0 fully saturated rings. The summed E-state index contributed by atoms with van der Waals surface area (Å²) in [6.45, 7) is 21.8. The van der Waals surface area contributed by atoms with Crippen molar-refractivity contribution in [3.63, 3.8) is 0 Å². The van der Waals surface area contributed by atoms with Crippen LogP contribution in [0.1, 0.15) is 0 Å². The van der Waals surface area contributed by atoms with E-state index in [9.17, 15) is 4.79 Å². The van der Waals surface area contributed by atoms with Crippen molar-refractivity contribution in [1.29, 1.82) is 0 Å². The van der Waals surface area contributed by atoms with Gasteiger partial charge in [0.1, 0.15) is 13.2 Å². The van der Waals surface area contributed by atoms with Gasteiger partial charge in [-0.25, -0.2) is 4.79 Å². The molecule has 0 aliphatic rings. The molecule has 78 heavy (non-hydrogen) atoms. The Kier molecular flexibility index (Phi) is 71.7. The Balaban J connectivity index is 3.14. The highest BCUT2D eigenvalue weighted by molar-refractivity contribution is 5.59. The summed E-state index contributed by atoms with van der Waals surface area (Å²) in [7, 11) is 3.28. The maximum absolute atomic E-state index is 11.7. The van der Waals surface area contributed by atoms with E-state index in [4.69, 9.17) is 123 Å². The Morgan fingerprint density at radius 3 is 0.346 bits per heavy atom. The molecule has 0 saturated heterocycles. The van der Waals surface area contributed by atoms with Crippen LogP contribution in [0.5, 0.6) is 0 Å². The van der Waals surface area contributed by atoms with Crippen molar-refractivity contribution in [2.24, 2.45) is 0 Å². The van der Waals surface area contributed by atoms with Crippen LogP contribution in [0.15, 0.2) is 0 Å². The van der Waals surface area contributed by atoms with Crippen LogP contribution < -0.4 is 0 Å². The molecule has 0 unspecified atom stereocenters. The van der Waals surface area contributed by atoms with Crippen molar-refractivity contribution in [2.45, 2.75) is 0 Å². The van der Waals surface area contributed by atoms with Crippen LogP contribution in [-0.2, 0) is 123 Å². The molecule has 0 heterocycles.